The lowest BCUT2D eigenvalue weighted by Crippen LogP contribution is -2.32. The smallest absolute Gasteiger partial charge is 0.246 e. The molecule has 1 aromatic carbocycles. The molecule has 0 saturated carbocycles. The normalized spacial score (nSPS) is 18.6. The van der Waals surface area contributed by atoms with Crippen LogP contribution in [0.4, 0.5) is 11.4 Å². The minimum absolute atomic E-state index is 0.00557. The van der Waals surface area contributed by atoms with Crippen LogP contribution >= 0.6 is 15.9 Å². The Morgan fingerprint density at radius 3 is 2.85 bits per heavy atom. The molecule has 2 rings (SSSR count). The summed E-state index contributed by atoms with van der Waals surface area (Å²) >= 11 is 3.56. The third-order valence-electron chi connectivity index (χ3n) is 3.66. The maximum absolute atomic E-state index is 12.0. The zero-order chi connectivity index (χ0) is 14.9. The number of benzene rings is 1. The number of hydrogen-bond acceptors (Lipinski definition) is 4. The number of aliphatic hydroxyl groups excluding tert-OH is 1. The average Bonchev–Trinajstić information content (AvgIpc) is 2.73. The third-order valence-corrected chi connectivity index (χ3v) is 4.30. The predicted molar refractivity (Wildman–Crippen MR) is 84.1 cm³/mol. The molecule has 2 unspecified atom stereocenters. The van der Waals surface area contributed by atoms with Gasteiger partial charge in [0, 0.05) is 28.8 Å². The average molecular weight is 342 g/mol. The van der Waals surface area contributed by atoms with Gasteiger partial charge in [0.1, 0.15) is 6.04 Å². The fourth-order valence-corrected chi connectivity index (χ4v) is 2.95. The second-order valence-electron chi connectivity index (χ2n) is 5.01. The number of aliphatic hydroxyl groups is 1. The number of nitrogens with zero attached hydrogens (tertiary/aromatic N) is 1. The van der Waals surface area contributed by atoms with Crippen LogP contribution in [0.2, 0.25) is 0 Å². The summed E-state index contributed by atoms with van der Waals surface area (Å²) in [7, 11) is 1.92. The molecule has 6 heteroatoms. The maximum atomic E-state index is 12.0. The number of amides is 1. The molecule has 0 bridgehead atoms. The topological polar surface area (TPSA) is 64.6 Å². The van der Waals surface area contributed by atoms with Gasteiger partial charge in [0.25, 0.3) is 0 Å². The van der Waals surface area contributed by atoms with Gasteiger partial charge in [0.05, 0.1) is 12.3 Å². The fourth-order valence-electron chi connectivity index (χ4n) is 2.31. The van der Waals surface area contributed by atoms with Crippen molar-refractivity contribution in [3.05, 3.63) is 22.2 Å². The van der Waals surface area contributed by atoms with Crippen molar-refractivity contribution in [1.82, 2.24) is 5.32 Å². The lowest BCUT2D eigenvalue weighted by atomic mass is 10.1. The highest BCUT2D eigenvalue weighted by Gasteiger charge is 2.31. The molecule has 0 fully saturated rings. The molecule has 0 radical (unpaired) electrons. The summed E-state index contributed by atoms with van der Waals surface area (Å²) in [6.45, 7) is 4.73. The highest BCUT2D eigenvalue weighted by atomic mass is 79.9. The molecule has 2 atom stereocenters. The fraction of sp³-hybridized carbons (Fsp3) is 0.500. The van der Waals surface area contributed by atoms with Gasteiger partial charge in [0.2, 0.25) is 5.91 Å². The first-order valence-electron chi connectivity index (χ1n) is 6.71. The lowest BCUT2D eigenvalue weighted by Gasteiger charge is -2.27. The Morgan fingerprint density at radius 2 is 2.25 bits per heavy atom. The molecule has 0 saturated heterocycles. The molecule has 1 aromatic rings. The van der Waals surface area contributed by atoms with Crippen LogP contribution in [-0.2, 0) is 4.79 Å². The Balaban J connectivity index is 2.38. The summed E-state index contributed by atoms with van der Waals surface area (Å²) < 4.78 is 0.915. The van der Waals surface area contributed by atoms with Gasteiger partial charge in [-0.3, -0.25) is 4.79 Å². The van der Waals surface area contributed by atoms with Gasteiger partial charge in [-0.15, -0.1) is 0 Å². The van der Waals surface area contributed by atoms with E-state index < -0.39 is 0 Å². The van der Waals surface area contributed by atoms with Crippen LogP contribution in [0.15, 0.2) is 16.6 Å². The van der Waals surface area contributed by atoms with E-state index in [0.717, 1.165) is 28.0 Å². The lowest BCUT2D eigenvalue weighted by molar-refractivity contribution is -0.117. The van der Waals surface area contributed by atoms with E-state index in [0.29, 0.717) is 0 Å². The molecular formula is C14H20BrN3O2. The zero-order valence-electron chi connectivity index (χ0n) is 11.9. The Kier molecular flexibility index (Phi) is 4.67. The Hall–Kier alpha value is -1.11. The molecule has 20 heavy (non-hydrogen) atoms. The largest absolute Gasteiger partial charge is 0.394 e. The van der Waals surface area contributed by atoms with Crippen LogP contribution < -0.4 is 15.5 Å². The van der Waals surface area contributed by atoms with Crippen LogP contribution in [0.1, 0.15) is 25.5 Å². The van der Waals surface area contributed by atoms with Crippen molar-refractivity contribution in [1.29, 1.82) is 0 Å². The Labute approximate surface area is 127 Å². The van der Waals surface area contributed by atoms with Crippen molar-refractivity contribution in [2.75, 3.05) is 30.4 Å². The van der Waals surface area contributed by atoms with Crippen molar-refractivity contribution in [3.8, 4) is 0 Å². The zero-order valence-corrected chi connectivity index (χ0v) is 13.5. The second-order valence-corrected chi connectivity index (χ2v) is 5.87. The van der Waals surface area contributed by atoms with Crippen molar-refractivity contribution >= 4 is 33.2 Å². The number of anilines is 2. The second kappa shape index (κ2) is 6.11. The molecule has 3 N–H and O–H groups in total. The monoisotopic (exact) mass is 341 g/mol. The van der Waals surface area contributed by atoms with Gasteiger partial charge < -0.3 is 20.6 Å². The first kappa shape index (κ1) is 15.3. The van der Waals surface area contributed by atoms with Crippen LogP contribution in [0, 0.1) is 0 Å². The van der Waals surface area contributed by atoms with E-state index in [1.807, 2.05) is 37.9 Å². The highest BCUT2D eigenvalue weighted by molar-refractivity contribution is 9.10. The third kappa shape index (κ3) is 2.68. The van der Waals surface area contributed by atoms with E-state index >= 15 is 0 Å². The van der Waals surface area contributed by atoms with Crippen LogP contribution in [0.3, 0.4) is 0 Å². The van der Waals surface area contributed by atoms with E-state index in [2.05, 4.69) is 26.6 Å². The molecule has 1 aliphatic heterocycles. The van der Waals surface area contributed by atoms with Crippen molar-refractivity contribution in [2.45, 2.75) is 25.9 Å². The minimum Gasteiger partial charge on any atom is -0.394 e. The minimum atomic E-state index is -0.291. The molecule has 110 valence electrons. The van der Waals surface area contributed by atoms with Crippen molar-refractivity contribution < 1.29 is 9.90 Å². The number of carbonyl (C=O) groups is 1. The number of likely N-dealkylation sites (N-methyl/N-ethyl adjacent to an activating group) is 2. The van der Waals surface area contributed by atoms with Crippen molar-refractivity contribution in [3.63, 3.8) is 0 Å². The quantitative estimate of drug-likeness (QED) is 0.764. The van der Waals surface area contributed by atoms with Crippen molar-refractivity contribution in [2.24, 2.45) is 0 Å². The van der Waals surface area contributed by atoms with Gasteiger partial charge in [-0.2, -0.15) is 0 Å². The number of carbonyl (C=O) groups excluding carboxylic acids is 1. The number of rotatable bonds is 5. The maximum Gasteiger partial charge on any atom is 0.246 e. The van der Waals surface area contributed by atoms with Crippen LogP contribution in [0.5, 0.6) is 0 Å². The van der Waals surface area contributed by atoms with Crippen LogP contribution in [-0.4, -0.2) is 37.3 Å². The predicted octanol–water partition coefficient (Wildman–Crippen LogP) is 1.87. The first-order chi connectivity index (χ1) is 9.49. The van der Waals surface area contributed by atoms with Gasteiger partial charge in [-0.05, 0) is 41.5 Å². The number of fused-ring (bicyclic) bond motifs is 1. The standard InChI is InChI=1S/C14H20BrN3O2/c1-4-16-13-9-5-10(15)12(18(3)8(2)7-19)6-11(9)17-14(13)20/h5-6,8,13,16,19H,4,7H2,1-3H3,(H,17,20). The number of nitrogens with one attached hydrogen (secondary N) is 2. The molecule has 0 spiro atoms. The molecule has 1 aliphatic rings. The Bertz CT molecular complexity index is 521. The molecule has 1 heterocycles. The summed E-state index contributed by atoms with van der Waals surface area (Å²) in [5.74, 6) is -0.0243. The van der Waals surface area contributed by atoms with Gasteiger partial charge in [-0.1, -0.05) is 6.92 Å². The summed E-state index contributed by atoms with van der Waals surface area (Å²) in [6, 6.07) is 3.63. The van der Waals surface area contributed by atoms with E-state index in [-0.39, 0.29) is 24.6 Å². The van der Waals surface area contributed by atoms with E-state index in [4.69, 9.17) is 0 Å². The number of halogens is 1. The molecular weight excluding hydrogens is 322 g/mol. The summed E-state index contributed by atoms with van der Waals surface area (Å²) in [5, 5.41) is 15.3. The summed E-state index contributed by atoms with van der Waals surface area (Å²) in [4.78, 5) is 13.9. The number of hydrogen-bond donors (Lipinski definition) is 3. The van der Waals surface area contributed by atoms with Gasteiger partial charge in [0.15, 0.2) is 0 Å². The van der Waals surface area contributed by atoms with E-state index in [1.165, 1.54) is 0 Å². The van der Waals surface area contributed by atoms with E-state index in [9.17, 15) is 9.90 Å². The molecule has 5 nitrogen and oxygen atoms in total. The van der Waals surface area contributed by atoms with E-state index in [1.54, 1.807) is 0 Å². The summed E-state index contributed by atoms with van der Waals surface area (Å²) in [5.41, 5.74) is 2.73. The SMILES string of the molecule is CCNC1C(=O)Nc2cc(N(C)C(C)CO)c(Br)cc21. The summed E-state index contributed by atoms with van der Waals surface area (Å²) in [6.07, 6.45) is 0. The Morgan fingerprint density at radius 1 is 1.55 bits per heavy atom. The van der Waals surface area contributed by atoms with Gasteiger partial charge >= 0.3 is 0 Å². The first-order valence-corrected chi connectivity index (χ1v) is 7.50. The van der Waals surface area contributed by atoms with Crippen LogP contribution in [0.25, 0.3) is 0 Å². The molecule has 0 aromatic heterocycles. The van der Waals surface area contributed by atoms with Gasteiger partial charge in [-0.25, -0.2) is 0 Å². The molecule has 0 aliphatic carbocycles. The highest BCUT2D eigenvalue weighted by Crippen LogP contribution is 2.39. The molecule has 1 amide bonds.